The first-order chi connectivity index (χ1) is 13.7. The highest BCUT2D eigenvalue weighted by Gasteiger charge is 2.10. The molecule has 0 aliphatic rings. The second kappa shape index (κ2) is 9.74. The van der Waals surface area contributed by atoms with Crippen LogP contribution in [0.5, 0.6) is 5.75 Å². The Balaban J connectivity index is 1.56. The number of nitrogens with zero attached hydrogens (tertiary/aromatic N) is 2. The highest BCUT2D eigenvalue weighted by atomic mass is 16.5. The van der Waals surface area contributed by atoms with E-state index in [0.29, 0.717) is 19.6 Å². The van der Waals surface area contributed by atoms with E-state index in [1.54, 1.807) is 0 Å². The number of hydrogen-bond donors (Lipinski definition) is 1. The van der Waals surface area contributed by atoms with E-state index in [9.17, 15) is 4.79 Å². The molecule has 1 amide bonds. The summed E-state index contributed by atoms with van der Waals surface area (Å²) in [4.78, 5) is 16.1. The molecule has 0 radical (unpaired) electrons. The Bertz CT molecular complexity index is 929. The molecule has 0 saturated carbocycles. The van der Waals surface area contributed by atoms with E-state index >= 15 is 0 Å². The standard InChI is InChI=1S/C23H27N3O2/c1-3-23(27)24-15-14-22-25-20-8-4-5-9-21(20)26(22)16-6-7-17-28-19-12-10-18(2)11-13-19/h3-5,8-13H,1,6-7,14-17H2,2H3,(H,24,27). The molecule has 5 heteroatoms. The predicted octanol–water partition coefficient (Wildman–Crippen LogP) is 4.05. The molecular formula is C23H27N3O2. The molecule has 28 heavy (non-hydrogen) atoms. The van der Waals surface area contributed by atoms with Gasteiger partial charge in [0.2, 0.25) is 5.91 Å². The SMILES string of the molecule is C=CC(=O)NCCc1nc2ccccc2n1CCCCOc1ccc(C)cc1. The quantitative estimate of drug-likeness (QED) is 0.428. The van der Waals surface area contributed by atoms with Crippen molar-refractivity contribution in [3.8, 4) is 5.75 Å². The number of para-hydroxylation sites is 2. The molecule has 146 valence electrons. The Morgan fingerprint density at radius 3 is 2.75 bits per heavy atom. The number of imidazole rings is 1. The van der Waals surface area contributed by atoms with Crippen LogP contribution in [0.3, 0.4) is 0 Å². The number of fused-ring (bicyclic) bond motifs is 1. The number of nitrogens with one attached hydrogen (secondary N) is 1. The van der Waals surface area contributed by atoms with Gasteiger partial charge in [-0.25, -0.2) is 4.98 Å². The van der Waals surface area contributed by atoms with Crippen molar-refractivity contribution in [1.29, 1.82) is 0 Å². The smallest absolute Gasteiger partial charge is 0.243 e. The van der Waals surface area contributed by atoms with Gasteiger partial charge in [-0.3, -0.25) is 4.79 Å². The number of carbonyl (C=O) groups is 1. The van der Waals surface area contributed by atoms with Crippen LogP contribution in [0, 0.1) is 6.92 Å². The minimum atomic E-state index is -0.157. The van der Waals surface area contributed by atoms with E-state index in [-0.39, 0.29) is 5.91 Å². The fraction of sp³-hybridized carbons (Fsp3) is 0.304. The average Bonchev–Trinajstić information content (AvgIpc) is 3.06. The zero-order valence-corrected chi connectivity index (χ0v) is 16.4. The van der Waals surface area contributed by atoms with Gasteiger partial charge in [0, 0.05) is 19.5 Å². The van der Waals surface area contributed by atoms with Crippen molar-refractivity contribution >= 4 is 16.9 Å². The van der Waals surface area contributed by atoms with Crippen molar-refractivity contribution in [2.24, 2.45) is 0 Å². The number of unbranched alkanes of at least 4 members (excludes halogenated alkanes) is 1. The Hall–Kier alpha value is -3.08. The van der Waals surface area contributed by atoms with Crippen LogP contribution in [-0.2, 0) is 17.8 Å². The summed E-state index contributed by atoms with van der Waals surface area (Å²) in [5.41, 5.74) is 3.35. The molecule has 0 aliphatic heterocycles. The van der Waals surface area contributed by atoms with E-state index in [1.165, 1.54) is 11.6 Å². The first kappa shape index (κ1) is 19.7. The third-order valence-electron chi connectivity index (χ3n) is 4.63. The van der Waals surface area contributed by atoms with Crippen LogP contribution in [0.2, 0.25) is 0 Å². The summed E-state index contributed by atoms with van der Waals surface area (Å²) in [7, 11) is 0. The van der Waals surface area contributed by atoms with Crippen molar-refractivity contribution in [3.05, 3.63) is 72.6 Å². The molecule has 0 unspecified atom stereocenters. The monoisotopic (exact) mass is 377 g/mol. The maximum Gasteiger partial charge on any atom is 0.243 e. The molecule has 0 spiro atoms. The predicted molar refractivity (Wildman–Crippen MR) is 113 cm³/mol. The lowest BCUT2D eigenvalue weighted by molar-refractivity contribution is -0.116. The summed E-state index contributed by atoms with van der Waals surface area (Å²) in [5.74, 6) is 1.75. The van der Waals surface area contributed by atoms with Gasteiger partial charge in [-0.15, -0.1) is 0 Å². The summed E-state index contributed by atoms with van der Waals surface area (Å²) >= 11 is 0. The number of aryl methyl sites for hydroxylation is 2. The van der Waals surface area contributed by atoms with Gasteiger partial charge in [0.25, 0.3) is 0 Å². The van der Waals surface area contributed by atoms with Gasteiger partial charge in [-0.2, -0.15) is 0 Å². The van der Waals surface area contributed by atoms with Gasteiger partial charge in [0.15, 0.2) is 0 Å². The lowest BCUT2D eigenvalue weighted by atomic mass is 10.2. The van der Waals surface area contributed by atoms with Gasteiger partial charge in [0.1, 0.15) is 11.6 Å². The minimum Gasteiger partial charge on any atom is -0.494 e. The van der Waals surface area contributed by atoms with Gasteiger partial charge in [-0.05, 0) is 50.1 Å². The van der Waals surface area contributed by atoms with E-state index in [2.05, 4.69) is 41.6 Å². The number of carbonyl (C=O) groups excluding carboxylic acids is 1. The number of benzene rings is 2. The van der Waals surface area contributed by atoms with Crippen LogP contribution < -0.4 is 10.1 Å². The van der Waals surface area contributed by atoms with Crippen molar-refractivity contribution in [3.63, 3.8) is 0 Å². The Kier molecular flexibility index (Phi) is 6.84. The molecule has 3 aromatic rings. The fourth-order valence-corrected chi connectivity index (χ4v) is 3.13. The second-order valence-electron chi connectivity index (χ2n) is 6.78. The molecule has 0 fully saturated rings. The largest absolute Gasteiger partial charge is 0.494 e. The fourth-order valence-electron chi connectivity index (χ4n) is 3.13. The molecule has 0 atom stereocenters. The zero-order chi connectivity index (χ0) is 19.8. The number of aromatic nitrogens is 2. The molecule has 1 aromatic heterocycles. The minimum absolute atomic E-state index is 0.157. The summed E-state index contributed by atoms with van der Waals surface area (Å²) < 4.78 is 8.07. The van der Waals surface area contributed by atoms with Gasteiger partial charge in [0.05, 0.1) is 17.6 Å². The molecule has 1 heterocycles. The van der Waals surface area contributed by atoms with E-state index in [1.807, 2.05) is 30.3 Å². The van der Waals surface area contributed by atoms with Crippen molar-refractivity contribution in [2.45, 2.75) is 32.7 Å². The van der Waals surface area contributed by atoms with Crippen LogP contribution >= 0.6 is 0 Å². The molecule has 2 aromatic carbocycles. The first-order valence-corrected chi connectivity index (χ1v) is 9.71. The van der Waals surface area contributed by atoms with E-state index in [4.69, 9.17) is 9.72 Å². The van der Waals surface area contributed by atoms with Gasteiger partial charge in [-0.1, -0.05) is 36.4 Å². The number of ether oxygens (including phenoxy) is 1. The molecule has 1 N–H and O–H groups in total. The molecule has 0 saturated heterocycles. The molecule has 0 aliphatic carbocycles. The third kappa shape index (κ3) is 5.22. The van der Waals surface area contributed by atoms with Gasteiger partial charge < -0.3 is 14.6 Å². The molecule has 5 nitrogen and oxygen atoms in total. The Labute approximate surface area is 166 Å². The van der Waals surface area contributed by atoms with Crippen LogP contribution in [0.25, 0.3) is 11.0 Å². The highest BCUT2D eigenvalue weighted by molar-refractivity contribution is 5.86. The number of rotatable bonds is 10. The summed E-state index contributed by atoms with van der Waals surface area (Å²) in [6.07, 6.45) is 3.94. The van der Waals surface area contributed by atoms with Crippen LogP contribution in [-0.4, -0.2) is 28.6 Å². The first-order valence-electron chi connectivity index (χ1n) is 9.71. The zero-order valence-electron chi connectivity index (χ0n) is 16.4. The maximum absolute atomic E-state index is 11.4. The van der Waals surface area contributed by atoms with Crippen molar-refractivity contribution in [1.82, 2.24) is 14.9 Å². The lowest BCUT2D eigenvalue weighted by Gasteiger charge is -2.10. The van der Waals surface area contributed by atoms with Crippen LogP contribution in [0.1, 0.15) is 24.2 Å². The highest BCUT2D eigenvalue weighted by Crippen LogP contribution is 2.18. The topological polar surface area (TPSA) is 56.2 Å². The Morgan fingerprint density at radius 2 is 1.96 bits per heavy atom. The van der Waals surface area contributed by atoms with Crippen LogP contribution in [0.4, 0.5) is 0 Å². The average molecular weight is 377 g/mol. The normalized spacial score (nSPS) is 10.8. The number of hydrogen-bond acceptors (Lipinski definition) is 3. The van der Waals surface area contributed by atoms with Gasteiger partial charge >= 0.3 is 0 Å². The summed E-state index contributed by atoms with van der Waals surface area (Å²) in [5, 5.41) is 2.82. The van der Waals surface area contributed by atoms with Crippen molar-refractivity contribution in [2.75, 3.05) is 13.2 Å². The molecular weight excluding hydrogens is 350 g/mol. The number of amides is 1. The van der Waals surface area contributed by atoms with Crippen LogP contribution in [0.15, 0.2) is 61.2 Å². The second-order valence-corrected chi connectivity index (χ2v) is 6.78. The summed E-state index contributed by atoms with van der Waals surface area (Å²) in [6, 6.07) is 16.3. The van der Waals surface area contributed by atoms with Crippen molar-refractivity contribution < 1.29 is 9.53 Å². The maximum atomic E-state index is 11.4. The van der Waals surface area contributed by atoms with E-state index in [0.717, 1.165) is 42.0 Å². The summed E-state index contributed by atoms with van der Waals surface area (Å²) in [6.45, 7) is 7.67. The lowest BCUT2D eigenvalue weighted by Crippen LogP contribution is -2.24. The molecule has 3 rings (SSSR count). The Morgan fingerprint density at radius 1 is 1.18 bits per heavy atom. The molecule has 0 bridgehead atoms. The van der Waals surface area contributed by atoms with E-state index < -0.39 is 0 Å². The third-order valence-corrected chi connectivity index (χ3v) is 4.63.